The molecule has 1 amide bonds. The minimum absolute atomic E-state index is 0.102. The fraction of sp³-hybridized carbons (Fsp3) is 0.429. The highest BCUT2D eigenvalue weighted by Gasteiger charge is 2.13. The van der Waals surface area contributed by atoms with Gasteiger partial charge in [0.05, 0.1) is 23.4 Å². The van der Waals surface area contributed by atoms with Crippen molar-refractivity contribution in [1.29, 1.82) is 0 Å². The van der Waals surface area contributed by atoms with E-state index in [-0.39, 0.29) is 5.91 Å². The van der Waals surface area contributed by atoms with Crippen LogP contribution in [0.3, 0.4) is 0 Å². The van der Waals surface area contributed by atoms with Crippen molar-refractivity contribution < 1.29 is 4.79 Å². The number of aryl methyl sites for hydroxylation is 1. The molecule has 0 bridgehead atoms. The zero-order chi connectivity index (χ0) is 15.2. The molecule has 6 nitrogen and oxygen atoms in total. The van der Waals surface area contributed by atoms with Crippen LogP contribution in [-0.4, -0.2) is 28.8 Å². The molecule has 0 unspecified atom stereocenters. The Morgan fingerprint density at radius 2 is 2.29 bits per heavy atom. The first kappa shape index (κ1) is 15.4. The van der Waals surface area contributed by atoms with Gasteiger partial charge in [-0.3, -0.25) is 9.48 Å². The van der Waals surface area contributed by atoms with Crippen LogP contribution in [0.15, 0.2) is 18.5 Å². The van der Waals surface area contributed by atoms with E-state index in [4.69, 9.17) is 5.73 Å². The zero-order valence-electron chi connectivity index (χ0n) is 12.3. The second kappa shape index (κ2) is 7.12. The number of nitrogen functional groups attached to an aromatic ring is 1. The molecule has 0 aliphatic heterocycles. The Kier molecular flexibility index (Phi) is 5.21. The fourth-order valence-electron chi connectivity index (χ4n) is 1.87. The first-order valence-corrected chi connectivity index (χ1v) is 7.82. The molecule has 2 heterocycles. The highest BCUT2D eigenvalue weighted by molar-refractivity contribution is 7.18. The normalized spacial score (nSPS) is 10.6. The highest BCUT2D eigenvalue weighted by Crippen LogP contribution is 2.28. The van der Waals surface area contributed by atoms with E-state index in [1.807, 2.05) is 30.9 Å². The number of nitrogens with one attached hydrogen (secondary N) is 2. The van der Waals surface area contributed by atoms with Crippen LogP contribution in [0.2, 0.25) is 0 Å². The van der Waals surface area contributed by atoms with Crippen LogP contribution in [0.1, 0.15) is 28.6 Å². The summed E-state index contributed by atoms with van der Waals surface area (Å²) in [4.78, 5) is 12.5. The number of anilines is 2. The SMILES string of the molecule is CCCNC(=O)c1sc(NCCn2cc(C)cn2)cc1N. The van der Waals surface area contributed by atoms with Gasteiger partial charge in [-0.2, -0.15) is 5.10 Å². The van der Waals surface area contributed by atoms with E-state index in [0.29, 0.717) is 17.1 Å². The van der Waals surface area contributed by atoms with Gasteiger partial charge in [-0.15, -0.1) is 11.3 Å². The minimum Gasteiger partial charge on any atom is -0.397 e. The summed E-state index contributed by atoms with van der Waals surface area (Å²) in [6, 6.07) is 1.81. The number of nitrogens with zero attached hydrogens (tertiary/aromatic N) is 2. The van der Waals surface area contributed by atoms with E-state index in [2.05, 4.69) is 15.7 Å². The van der Waals surface area contributed by atoms with Crippen LogP contribution in [0.25, 0.3) is 0 Å². The summed E-state index contributed by atoms with van der Waals surface area (Å²) in [6.45, 7) is 6.19. The van der Waals surface area contributed by atoms with Gasteiger partial charge in [0, 0.05) is 19.3 Å². The van der Waals surface area contributed by atoms with Crippen molar-refractivity contribution in [3.8, 4) is 0 Å². The number of carbonyl (C=O) groups excluding carboxylic acids is 1. The number of aromatic nitrogens is 2. The Morgan fingerprint density at radius 3 is 2.95 bits per heavy atom. The zero-order valence-corrected chi connectivity index (χ0v) is 13.2. The highest BCUT2D eigenvalue weighted by atomic mass is 32.1. The molecular formula is C14H21N5OS. The van der Waals surface area contributed by atoms with E-state index in [0.717, 1.165) is 30.1 Å². The van der Waals surface area contributed by atoms with Gasteiger partial charge in [-0.25, -0.2) is 0 Å². The monoisotopic (exact) mass is 307 g/mol. The number of hydrogen-bond acceptors (Lipinski definition) is 5. The van der Waals surface area contributed by atoms with E-state index in [9.17, 15) is 4.79 Å². The molecule has 114 valence electrons. The molecule has 0 aliphatic rings. The summed E-state index contributed by atoms with van der Waals surface area (Å²) in [5.41, 5.74) is 7.56. The number of hydrogen-bond donors (Lipinski definition) is 3. The second-order valence-electron chi connectivity index (χ2n) is 4.86. The van der Waals surface area contributed by atoms with Crippen LogP contribution in [-0.2, 0) is 6.54 Å². The maximum atomic E-state index is 11.9. The molecule has 0 atom stereocenters. The van der Waals surface area contributed by atoms with Crippen LogP contribution in [0.4, 0.5) is 10.7 Å². The van der Waals surface area contributed by atoms with Gasteiger partial charge in [0.2, 0.25) is 0 Å². The molecule has 2 rings (SSSR count). The van der Waals surface area contributed by atoms with E-state index in [1.54, 1.807) is 6.07 Å². The molecule has 7 heteroatoms. The van der Waals surface area contributed by atoms with E-state index < -0.39 is 0 Å². The van der Waals surface area contributed by atoms with Gasteiger partial charge in [0.25, 0.3) is 5.91 Å². The second-order valence-corrected chi connectivity index (χ2v) is 5.91. The lowest BCUT2D eigenvalue weighted by Gasteiger charge is -2.03. The molecule has 0 radical (unpaired) electrons. The van der Waals surface area contributed by atoms with Crippen LogP contribution in [0.5, 0.6) is 0 Å². The van der Waals surface area contributed by atoms with Crippen LogP contribution >= 0.6 is 11.3 Å². The maximum absolute atomic E-state index is 11.9. The van der Waals surface area contributed by atoms with Crippen molar-refractivity contribution in [3.05, 3.63) is 28.9 Å². The van der Waals surface area contributed by atoms with Crippen LogP contribution < -0.4 is 16.4 Å². The molecule has 4 N–H and O–H groups in total. The molecule has 2 aromatic heterocycles. The molecule has 0 aliphatic carbocycles. The fourth-order valence-corrected chi connectivity index (χ4v) is 2.79. The lowest BCUT2D eigenvalue weighted by molar-refractivity contribution is 0.0958. The molecule has 0 spiro atoms. The third-order valence-electron chi connectivity index (χ3n) is 2.91. The molecule has 0 aromatic carbocycles. The summed E-state index contributed by atoms with van der Waals surface area (Å²) in [6.07, 6.45) is 4.73. The first-order chi connectivity index (χ1) is 10.1. The summed E-state index contributed by atoms with van der Waals surface area (Å²) in [5.74, 6) is -0.102. The first-order valence-electron chi connectivity index (χ1n) is 7.00. The van der Waals surface area contributed by atoms with Crippen molar-refractivity contribution in [1.82, 2.24) is 15.1 Å². The molecular weight excluding hydrogens is 286 g/mol. The van der Waals surface area contributed by atoms with Crippen molar-refractivity contribution in [2.75, 3.05) is 24.1 Å². The van der Waals surface area contributed by atoms with E-state index in [1.165, 1.54) is 11.3 Å². The van der Waals surface area contributed by atoms with Crippen molar-refractivity contribution in [3.63, 3.8) is 0 Å². The topological polar surface area (TPSA) is 85.0 Å². The van der Waals surface area contributed by atoms with Crippen molar-refractivity contribution in [2.24, 2.45) is 0 Å². The molecule has 0 saturated carbocycles. The van der Waals surface area contributed by atoms with Gasteiger partial charge < -0.3 is 16.4 Å². The van der Waals surface area contributed by atoms with E-state index >= 15 is 0 Å². The maximum Gasteiger partial charge on any atom is 0.263 e. The Morgan fingerprint density at radius 1 is 1.48 bits per heavy atom. The van der Waals surface area contributed by atoms with Crippen molar-refractivity contribution in [2.45, 2.75) is 26.8 Å². The third-order valence-corrected chi connectivity index (χ3v) is 4.01. The number of carbonyl (C=O) groups is 1. The Balaban J connectivity index is 1.88. The van der Waals surface area contributed by atoms with Crippen molar-refractivity contribution >= 4 is 27.9 Å². The number of amides is 1. The Labute approximate surface area is 128 Å². The predicted octanol–water partition coefficient (Wildman–Crippen LogP) is 2.09. The summed E-state index contributed by atoms with van der Waals surface area (Å²) < 4.78 is 1.88. The van der Waals surface area contributed by atoms with Crippen LogP contribution in [0, 0.1) is 6.92 Å². The van der Waals surface area contributed by atoms with Gasteiger partial charge in [0.15, 0.2) is 0 Å². The molecule has 21 heavy (non-hydrogen) atoms. The number of thiophene rings is 1. The summed E-state index contributed by atoms with van der Waals surface area (Å²) in [7, 11) is 0. The average Bonchev–Trinajstić information content (AvgIpc) is 3.02. The molecule has 2 aromatic rings. The van der Waals surface area contributed by atoms with Gasteiger partial charge >= 0.3 is 0 Å². The Hall–Kier alpha value is -2.02. The average molecular weight is 307 g/mol. The lowest BCUT2D eigenvalue weighted by Crippen LogP contribution is -2.23. The van der Waals surface area contributed by atoms with Gasteiger partial charge in [-0.1, -0.05) is 6.92 Å². The third kappa shape index (κ3) is 4.22. The minimum atomic E-state index is -0.102. The van der Waals surface area contributed by atoms with Gasteiger partial charge in [0.1, 0.15) is 4.88 Å². The largest absolute Gasteiger partial charge is 0.397 e. The lowest BCUT2D eigenvalue weighted by atomic mass is 10.3. The predicted molar refractivity (Wildman–Crippen MR) is 86.8 cm³/mol. The standard InChI is InChI=1S/C14H21N5OS/c1-3-4-17-14(20)13-11(15)7-12(21-13)16-5-6-19-9-10(2)8-18-19/h7-9,16H,3-6,15H2,1-2H3,(H,17,20). The quantitative estimate of drug-likeness (QED) is 0.731. The smallest absolute Gasteiger partial charge is 0.263 e. The molecule has 0 saturated heterocycles. The number of nitrogens with two attached hydrogens (primary N) is 1. The number of rotatable bonds is 7. The molecule has 0 fully saturated rings. The summed E-state index contributed by atoms with van der Waals surface area (Å²) >= 11 is 1.38. The van der Waals surface area contributed by atoms with Gasteiger partial charge in [-0.05, 0) is 25.0 Å². The Bertz CT molecular complexity index is 604. The summed E-state index contributed by atoms with van der Waals surface area (Å²) in [5, 5.41) is 11.2.